The molecule has 1 aliphatic heterocycles. The average Bonchev–Trinajstić information content (AvgIpc) is 2.45. The second-order valence-electron chi connectivity index (χ2n) is 4.11. The lowest BCUT2D eigenvalue weighted by molar-refractivity contribution is -0.159. The normalized spacial score (nSPS) is 16.2. The summed E-state index contributed by atoms with van der Waals surface area (Å²) in [5, 5.41) is 2.02. The SMILES string of the molecule is CC#CCCON1CCN(c2ccccn2)CC1. The highest BCUT2D eigenvalue weighted by atomic mass is 16.7. The summed E-state index contributed by atoms with van der Waals surface area (Å²) < 4.78 is 0. The van der Waals surface area contributed by atoms with E-state index in [0.717, 1.165) is 38.4 Å². The van der Waals surface area contributed by atoms with E-state index < -0.39 is 0 Å². The van der Waals surface area contributed by atoms with Crippen LogP contribution >= 0.6 is 0 Å². The molecule has 0 N–H and O–H groups in total. The van der Waals surface area contributed by atoms with Crippen molar-refractivity contribution in [1.82, 2.24) is 10.0 Å². The summed E-state index contributed by atoms with van der Waals surface area (Å²) >= 11 is 0. The van der Waals surface area contributed by atoms with Crippen molar-refractivity contribution in [3.05, 3.63) is 24.4 Å². The quantitative estimate of drug-likeness (QED) is 0.594. The molecular weight excluding hydrogens is 226 g/mol. The number of nitrogens with zero attached hydrogens (tertiary/aromatic N) is 3. The number of piperazine rings is 1. The van der Waals surface area contributed by atoms with E-state index in [-0.39, 0.29) is 0 Å². The second kappa shape index (κ2) is 7.00. The molecule has 0 spiro atoms. The molecule has 0 radical (unpaired) electrons. The van der Waals surface area contributed by atoms with Crippen LogP contribution in [-0.2, 0) is 4.84 Å². The van der Waals surface area contributed by atoms with Crippen LogP contribution in [0.3, 0.4) is 0 Å². The minimum absolute atomic E-state index is 0.685. The van der Waals surface area contributed by atoms with Crippen LogP contribution < -0.4 is 4.90 Å². The summed E-state index contributed by atoms with van der Waals surface area (Å²) in [6.07, 6.45) is 2.64. The lowest BCUT2D eigenvalue weighted by atomic mass is 10.3. The number of aromatic nitrogens is 1. The minimum atomic E-state index is 0.685. The first-order chi connectivity index (χ1) is 8.90. The summed E-state index contributed by atoms with van der Waals surface area (Å²) in [5.41, 5.74) is 0. The molecule has 1 aliphatic rings. The molecule has 2 rings (SSSR count). The Kier molecular flexibility index (Phi) is 5.00. The third-order valence-electron chi connectivity index (χ3n) is 2.89. The average molecular weight is 245 g/mol. The highest BCUT2D eigenvalue weighted by molar-refractivity contribution is 5.38. The molecule has 0 aromatic carbocycles. The number of anilines is 1. The van der Waals surface area contributed by atoms with Crippen molar-refractivity contribution < 1.29 is 4.84 Å². The number of hydrogen-bond acceptors (Lipinski definition) is 4. The molecule has 0 unspecified atom stereocenters. The van der Waals surface area contributed by atoms with Gasteiger partial charge in [-0.05, 0) is 19.1 Å². The Bertz CT molecular complexity index is 402. The number of hydrogen-bond donors (Lipinski definition) is 0. The lowest BCUT2D eigenvalue weighted by Gasteiger charge is -2.34. The largest absolute Gasteiger partial charge is 0.354 e. The van der Waals surface area contributed by atoms with Gasteiger partial charge in [0.05, 0.1) is 6.61 Å². The summed E-state index contributed by atoms with van der Waals surface area (Å²) in [6, 6.07) is 6.01. The van der Waals surface area contributed by atoms with E-state index >= 15 is 0 Å². The summed E-state index contributed by atoms with van der Waals surface area (Å²) in [4.78, 5) is 12.3. The molecule has 0 bridgehead atoms. The van der Waals surface area contributed by atoms with Gasteiger partial charge in [0.2, 0.25) is 0 Å². The third kappa shape index (κ3) is 3.73. The Morgan fingerprint density at radius 2 is 2.11 bits per heavy atom. The van der Waals surface area contributed by atoms with Crippen molar-refractivity contribution in [3.8, 4) is 11.8 Å². The number of rotatable bonds is 4. The minimum Gasteiger partial charge on any atom is -0.354 e. The first kappa shape index (κ1) is 12.9. The Balaban J connectivity index is 1.72. The molecule has 4 nitrogen and oxygen atoms in total. The van der Waals surface area contributed by atoms with Gasteiger partial charge in [-0.25, -0.2) is 4.98 Å². The van der Waals surface area contributed by atoms with E-state index in [1.807, 2.05) is 36.4 Å². The van der Waals surface area contributed by atoms with Crippen LogP contribution in [0.1, 0.15) is 13.3 Å². The van der Waals surface area contributed by atoms with Gasteiger partial charge in [0.25, 0.3) is 0 Å². The van der Waals surface area contributed by atoms with E-state index in [4.69, 9.17) is 4.84 Å². The van der Waals surface area contributed by atoms with Crippen LogP contribution in [-0.4, -0.2) is 42.8 Å². The smallest absolute Gasteiger partial charge is 0.128 e. The van der Waals surface area contributed by atoms with E-state index in [1.54, 1.807) is 0 Å². The Morgan fingerprint density at radius 3 is 2.78 bits per heavy atom. The lowest BCUT2D eigenvalue weighted by Crippen LogP contribution is -2.46. The van der Waals surface area contributed by atoms with Crippen LogP contribution in [0, 0.1) is 11.8 Å². The standard InChI is InChI=1S/C14H19N3O/c1-2-3-6-13-18-17-11-9-16(10-12-17)14-7-4-5-8-15-14/h4-5,7-8H,6,9-13H2,1H3. The highest BCUT2D eigenvalue weighted by Gasteiger charge is 2.17. The molecule has 0 saturated carbocycles. The third-order valence-corrected chi connectivity index (χ3v) is 2.89. The van der Waals surface area contributed by atoms with Gasteiger partial charge in [0.1, 0.15) is 5.82 Å². The van der Waals surface area contributed by atoms with Crippen LogP contribution in [0.5, 0.6) is 0 Å². The topological polar surface area (TPSA) is 28.6 Å². The Morgan fingerprint density at radius 1 is 1.28 bits per heavy atom. The van der Waals surface area contributed by atoms with Crippen molar-refractivity contribution in [2.24, 2.45) is 0 Å². The van der Waals surface area contributed by atoms with Gasteiger partial charge in [0.15, 0.2) is 0 Å². The van der Waals surface area contributed by atoms with Crippen LogP contribution in [0.2, 0.25) is 0 Å². The Hall–Kier alpha value is -1.57. The number of hydroxylamine groups is 2. The summed E-state index contributed by atoms with van der Waals surface area (Å²) in [6.45, 7) is 6.27. The maximum atomic E-state index is 5.65. The molecule has 0 amide bonds. The molecule has 1 aromatic heterocycles. The molecule has 1 aromatic rings. The van der Waals surface area contributed by atoms with Gasteiger partial charge < -0.3 is 4.90 Å². The molecule has 2 heterocycles. The highest BCUT2D eigenvalue weighted by Crippen LogP contribution is 2.12. The summed E-state index contributed by atoms with van der Waals surface area (Å²) in [5.74, 6) is 6.92. The van der Waals surface area contributed by atoms with Crippen molar-refractivity contribution >= 4 is 5.82 Å². The van der Waals surface area contributed by atoms with E-state index in [9.17, 15) is 0 Å². The molecule has 96 valence electrons. The molecule has 4 heteroatoms. The zero-order valence-electron chi connectivity index (χ0n) is 10.8. The first-order valence-corrected chi connectivity index (χ1v) is 6.33. The zero-order chi connectivity index (χ0) is 12.6. The fraction of sp³-hybridized carbons (Fsp3) is 0.500. The second-order valence-corrected chi connectivity index (χ2v) is 4.11. The maximum absolute atomic E-state index is 5.65. The molecular formula is C14H19N3O. The molecule has 1 fully saturated rings. The summed E-state index contributed by atoms with van der Waals surface area (Å²) in [7, 11) is 0. The molecule has 1 saturated heterocycles. The Labute approximate surface area is 109 Å². The number of pyridine rings is 1. The van der Waals surface area contributed by atoms with Crippen molar-refractivity contribution in [2.75, 3.05) is 37.7 Å². The van der Waals surface area contributed by atoms with Gasteiger partial charge in [-0.15, -0.1) is 11.8 Å². The van der Waals surface area contributed by atoms with Crippen molar-refractivity contribution in [2.45, 2.75) is 13.3 Å². The van der Waals surface area contributed by atoms with Gasteiger partial charge in [0, 0.05) is 38.8 Å². The van der Waals surface area contributed by atoms with Crippen LogP contribution in [0.15, 0.2) is 24.4 Å². The van der Waals surface area contributed by atoms with Crippen LogP contribution in [0.25, 0.3) is 0 Å². The fourth-order valence-electron chi connectivity index (χ4n) is 1.94. The van der Waals surface area contributed by atoms with Gasteiger partial charge >= 0.3 is 0 Å². The zero-order valence-corrected chi connectivity index (χ0v) is 10.8. The molecule has 0 aliphatic carbocycles. The van der Waals surface area contributed by atoms with Gasteiger partial charge in [-0.3, -0.25) is 4.84 Å². The molecule has 18 heavy (non-hydrogen) atoms. The monoisotopic (exact) mass is 245 g/mol. The van der Waals surface area contributed by atoms with E-state index in [2.05, 4.69) is 21.7 Å². The molecule has 0 atom stereocenters. The first-order valence-electron chi connectivity index (χ1n) is 6.33. The predicted octanol–water partition coefficient (Wildman–Crippen LogP) is 1.55. The predicted molar refractivity (Wildman–Crippen MR) is 72.0 cm³/mol. The van der Waals surface area contributed by atoms with Crippen molar-refractivity contribution in [3.63, 3.8) is 0 Å². The van der Waals surface area contributed by atoms with Crippen molar-refractivity contribution in [1.29, 1.82) is 0 Å². The van der Waals surface area contributed by atoms with E-state index in [1.165, 1.54) is 0 Å². The maximum Gasteiger partial charge on any atom is 0.128 e. The van der Waals surface area contributed by atoms with Gasteiger partial charge in [-0.2, -0.15) is 5.06 Å². The van der Waals surface area contributed by atoms with Gasteiger partial charge in [-0.1, -0.05) is 6.07 Å². The van der Waals surface area contributed by atoms with Crippen LogP contribution in [0.4, 0.5) is 5.82 Å². The van der Waals surface area contributed by atoms with E-state index in [0.29, 0.717) is 6.61 Å². The fourth-order valence-corrected chi connectivity index (χ4v) is 1.94.